The average Bonchev–Trinajstić information content (AvgIpc) is 2.39. The van der Waals surface area contributed by atoms with Crippen LogP contribution in [0.2, 0.25) is 5.02 Å². The monoisotopic (exact) mass is 298 g/mol. The Balaban J connectivity index is 2.68. The van der Waals surface area contributed by atoms with E-state index in [1.807, 2.05) is 0 Å². The molecule has 1 aromatic rings. The Morgan fingerprint density at radius 1 is 1.35 bits per heavy atom. The van der Waals surface area contributed by atoms with Crippen LogP contribution in [0.3, 0.4) is 0 Å². The van der Waals surface area contributed by atoms with E-state index in [1.165, 1.54) is 13.2 Å². The van der Waals surface area contributed by atoms with Gasteiger partial charge in [0.2, 0.25) is 0 Å². The first kappa shape index (κ1) is 15.0. The molecule has 1 aromatic carbocycles. The van der Waals surface area contributed by atoms with E-state index in [0.717, 1.165) is 19.3 Å². The SMILES string of the molecule is COc1c(O)cc(C)c(C2(C(=O)O)CCCCC2)c1Cl. The van der Waals surface area contributed by atoms with Crippen LogP contribution < -0.4 is 4.74 Å². The number of phenolic OH excluding ortho intramolecular Hbond substituents is 1. The third-order valence-electron chi connectivity index (χ3n) is 4.20. The van der Waals surface area contributed by atoms with E-state index in [-0.39, 0.29) is 16.5 Å². The molecule has 4 nitrogen and oxygen atoms in total. The summed E-state index contributed by atoms with van der Waals surface area (Å²) < 4.78 is 5.11. The molecule has 1 aliphatic carbocycles. The van der Waals surface area contributed by atoms with E-state index < -0.39 is 11.4 Å². The number of aliphatic carboxylic acids is 1. The third kappa shape index (κ3) is 2.22. The summed E-state index contributed by atoms with van der Waals surface area (Å²) in [5, 5.41) is 19.8. The largest absolute Gasteiger partial charge is 0.504 e. The van der Waals surface area contributed by atoms with Gasteiger partial charge < -0.3 is 14.9 Å². The second-order valence-electron chi connectivity index (χ2n) is 5.38. The van der Waals surface area contributed by atoms with Crippen molar-refractivity contribution in [2.45, 2.75) is 44.4 Å². The Kier molecular flexibility index (Phi) is 4.14. The molecule has 110 valence electrons. The maximum Gasteiger partial charge on any atom is 0.314 e. The molecular formula is C15H19ClO4. The lowest BCUT2D eigenvalue weighted by Crippen LogP contribution is -2.38. The fourth-order valence-electron chi connectivity index (χ4n) is 3.25. The van der Waals surface area contributed by atoms with Crippen LogP contribution in [-0.4, -0.2) is 23.3 Å². The van der Waals surface area contributed by atoms with Gasteiger partial charge in [0.25, 0.3) is 0 Å². The number of hydrogen-bond donors (Lipinski definition) is 2. The fraction of sp³-hybridized carbons (Fsp3) is 0.533. The zero-order chi connectivity index (χ0) is 14.9. The highest BCUT2D eigenvalue weighted by Gasteiger charge is 2.44. The minimum atomic E-state index is -0.972. The van der Waals surface area contributed by atoms with Gasteiger partial charge in [0, 0.05) is 0 Å². The topological polar surface area (TPSA) is 66.8 Å². The summed E-state index contributed by atoms with van der Waals surface area (Å²) in [6.45, 7) is 1.78. The molecule has 2 rings (SSSR count). The van der Waals surface area contributed by atoms with Crippen molar-refractivity contribution in [3.63, 3.8) is 0 Å². The molecule has 1 aliphatic rings. The third-order valence-corrected chi connectivity index (χ3v) is 4.56. The summed E-state index contributed by atoms with van der Waals surface area (Å²) in [7, 11) is 1.41. The molecule has 20 heavy (non-hydrogen) atoms. The first-order chi connectivity index (χ1) is 9.44. The van der Waals surface area contributed by atoms with E-state index in [1.54, 1.807) is 6.92 Å². The highest BCUT2D eigenvalue weighted by Crippen LogP contribution is 2.49. The van der Waals surface area contributed by atoms with Crippen molar-refractivity contribution >= 4 is 17.6 Å². The number of methoxy groups -OCH3 is 1. The number of benzene rings is 1. The van der Waals surface area contributed by atoms with Crippen molar-refractivity contribution in [3.8, 4) is 11.5 Å². The van der Waals surface area contributed by atoms with Gasteiger partial charge in [-0.05, 0) is 37.0 Å². The summed E-state index contributed by atoms with van der Waals surface area (Å²) in [5.41, 5.74) is 0.305. The van der Waals surface area contributed by atoms with Gasteiger partial charge in [-0.15, -0.1) is 0 Å². The zero-order valence-corrected chi connectivity index (χ0v) is 12.5. The molecule has 5 heteroatoms. The van der Waals surface area contributed by atoms with Crippen molar-refractivity contribution in [3.05, 3.63) is 22.2 Å². The summed E-state index contributed by atoms with van der Waals surface area (Å²) in [4.78, 5) is 11.9. The highest BCUT2D eigenvalue weighted by atomic mass is 35.5. The molecule has 2 N–H and O–H groups in total. The molecule has 0 bridgehead atoms. The normalized spacial score (nSPS) is 17.8. The molecule has 0 aromatic heterocycles. The second-order valence-corrected chi connectivity index (χ2v) is 5.76. The quantitative estimate of drug-likeness (QED) is 0.894. The number of aryl methyl sites for hydroxylation is 1. The molecule has 0 radical (unpaired) electrons. The second kappa shape index (κ2) is 5.52. The van der Waals surface area contributed by atoms with Crippen molar-refractivity contribution in [1.29, 1.82) is 0 Å². The first-order valence-electron chi connectivity index (χ1n) is 6.74. The van der Waals surface area contributed by atoms with Crippen LogP contribution in [0.4, 0.5) is 0 Å². The smallest absolute Gasteiger partial charge is 0.314 e. The number of rotatable bonds is 3. The number of aromatic hydroxyl groups is 1. The van der Waals surface area contributed by atoms with Crippen LogP contribution in [0, 0.1) is 6.92 Å². The Bertz CT molecular complexity index is 533. The zero-order valence-electron chi connectivity index (χ0n) is 11.7. The molecule has 0 atom stereocenters. The summed E-state index contributed by atoms with van der Waals surface area (Å²) >= 11 is 6.34. The Morgan fingerprint density at radius 3 is 2.45 bits per heavy atom. The van der Waals surface area contributed by atoms with Crippen LogP contribution in [0.1, 0.15) is 43.2 Å². The van der Waals surface area contributed by atoms with E-state index in [4.69, 9.17) is 16.3 Å². The molecule has 0 spiro atoms. The number of hydrogen-bond acceptors (Lipinski definition) is 3. The number of halogens is 1. The summed E-state index contributed by atoms with van der Waals surface area (Å²) in [6.07, 6.45) is 3.91. The molecule has 0 aliphatic heterocycles. The lowest BCUT2D eigenvalue weighted by Gasteiger charge is -2.35. The van der Waals surface area contributed by atoms with Crippen LogP contribution >= 0.6 is 11.6 Å². The number of carboxylic acids is 1. The summed E-state index contributed by atoms with van der Waals surface area (Å²) in [5.74, 6) is -0.761. The Hall–Kier alpha value is -1.42. The number of carboxylic acid groups (broad SMARTS) is 1. The molecular weight excluding hydrogens is 280 g/mol. The van der Waals surface area contributed by atoms with Crippen molar-refractivity contribution in [1.82, 2.24) is 0 Å². The summed E-state index contributed by atoms with van der Waals surface area (Å²) in [6, 6.07) is 1.53. The van der Waals surface area contributed by atoms with Gasteiger partial charge >= 0.3 is 5.97 Å². The lowest BCUT2D eigenvalue weighted by atomic mass is 9.68. The van der Waals surface area contributed by atoms with Gasteiger partial charge in [0.05, 0.1) is 17.5 Å². The van der Waals surface area contributed by atoms with E-state index in [2.05, 4.69) is 0 Å². The van der Waals surface area contributed by atoms with E-state index >= 15 is 0 Å². The average molecular weight is 299 g/mol. The predicted octanol–water partition coefficient (Wildman–Crippen LogP) is 3.65. The van der Waals surface area contributed by atoms with Crippen LogP contribution in [0.15, 0.2) is 6.07 Å². The van der Waals surface area contributed by atoms with E-state index in [0.29, 0.717) is 24.0 Å². The molecule has 0 heterocycles. The lowest BCUT2D eigenvalue weighted by molar-refractivity contribution is -0.145. The maximum atomic E-state index is 11.9. The molecule has 0 unspecified atom stereocenters. The van der Waals surface area contributed by atoms with Gasteiger partial charge in [-0.1, -0.05) is 30.9 Å². The van der Waals surface area contributed by atoms with Gasteiger partial charge in [0.15, 0.2) is 11.5 Å². The van der Waals surface area contributed by atoms with Crippen molar-refractivity contribution in [2.75, 3.05) is 7.11 Å². The number of carbonyl (C=O) groups is 1. The van der Waals surface area contributed by atoms with Gasteiger partial charge in [-0.3, -0.25) is 4.79 Å². The Morgan fingerprint density at radius 2 is 1.95 bits per heavy atom. The van der Waals surface area contributed by atoms with Crippen LogP contribution in [0.25, 0.3) is 0 Å². The molecule has 0 saturated heterocycles. The van der Waals surface area contributed by atoms with E-state index in [9.17, 15) is 15.0 Å². The van der Waals surface area contributed by atoms with Gasteiger partial charge in [-0.2, -0.15) is 0 Å². The minimum absolute atomic E-state index is 0.0601. The number of ether oxygens (including phenoxy) is 1. The fourth-order valence-corrected chi connectivity index (χ4v) is 3.75. The predicted molar refractivity (Wildman–Crippen MR) is 76.8 cm³/mol. The molecule has 0 amide bonds. The standard InChI is InChI=1S/C15H19ClO4/c1-9-8-10(17)13(20-2)12(16)11(9)15(14(18)19)6-4-3-5-7-15/h8,17H,3-7H2,1-2H3,(H,18,19). The van der Waals surface area contributed by atoms with Gasteiger partial charge in [0.1, 0.15) is 0 Å². The van der Waals surface area contributed by atoms with Crippen molar-refractivity contribution < 1.29 is 19.7 Å². The van der Waals surface area contributed by atoms with Gasteiger partial charge in [-0.25, -0.2) is 0 Å². The van der Waals surface area contributed by atoms with Crippen LogP contribution in [-0.2, 0) is 10.2 Å². The maximum absolute atomic E-state index is 11.9. The molecule has 1 saturated carbocycles. The highest BCUT2D eigenvalue weighted by molar-refractivity contribution is 6.33. The first-order valence-corrected chi connectivity index (χ1v) is 7.12. The Labute approximate surface area is 123 Å². The van der Waals surface area contributed by atoms with Crippen LogP contribution in [0.5, 0.6) is 11.5 Å². The number of phenols is 1. The minimum Gasteiger partial charge on any atom is -0.504 e. The van der Waals surface area contributed by atoms with Crippen molar-refractivity contribution in [2.24, 2.45) is 0 Å². The molecule has 1 fully saturated rings.